The van der Waals surface area contributed by atoms with Crippen LogP contribution in [0.1, 0.15) is 0 Å². The molecule has 1 aromatic carbocycles. The van der Waals surface area contributed by atoms with Gasteiger partial charge in [-0.05, 0) is 24.3 Å². The molecule has 1 N–H and O–H groups in total. The molecule has 1 amide bonds. The summed E-state index contributed by atoms with van der Waals surface area (Å²) >= 11 is 0. The van der Waals surface area contributed by atoms with Crippen LogP contribution < -0.4 is 5.32 Å². The maximum Gasteiger partial charge on any atom is 0.471 e. The van der Waals surface area contributed by atoms with Gasteiger partial charge in [0.05, 0.1) is 0 Å². The molecule has 0 spiro atoms. The van der Waals surface area contributed by atoms with Crippen LogP contribution in [0.25, 0.3) is 11.4 Å². The maximum atomic E-state index is 12.1. The summed E-state index contributed by atoms with van der Waals surface area (Å²) in [6.07, 6.45) is -3.39. The predicted molar refractivity (Wildman–Crippen MR) is 61.1 cm³/mol. The minimum Gasteiger partial charge on any atom is -0.318 e. The molecule has 100 valence electrons. The number of nitrogens with zero attached hydrogens (tertiary/aromatic N) is 3. The SMILES string of the molecule is Cn1cnnc1-c1ccc(NC(=O)C(F)(F)F)cc1. The smallest absolute Gasteiger partial charge is 0.318 e. The number of aromatic nitrogens is 3. The molecular weight excluding hydrogens is 261 g/mol. The van der Waals surface area contributed by atoms with Crippen molar-refractivity contribution in [2.24, 2.45) is 7.05 Å². The maximum absolute atomic E-state index is 12.1. The monoisotopic (exact) mass is 270 g/mol. The molecule has 0 saturated carbocycles. The van der Waals surface area contributed by atoms with Crippen molar-refractivity contribution in [1.82, 2.24) is 14.8 Å². The molecule has 0 radical (unpaired) electrons. The van der Waals surface area contributed by atoms with E-state index in [0.29, 0.717) is 11.4 Å². The zero-order valence-electron chi connectivity index (χ0n) is 9.77. The lowest BCUT2D eigenvalue weighted by Gasteiger charge is -2.08. The standard InChI is InChI=1S/C11H9F3N4O/c1-18-6-15-17-9(18)7-2-4-8(5-3-7)16-10(19)11(12,13)14/h2-6H,1H3,(H,16,19). The first kappa shape index (κ1) is 13.1. The van der Waals surface area contributed by atoms with Gasteiger partial charge >= 0.3 is 12.1 Å². The Balaban J connectivity index is 2.16. The van der Waals surface area contributed by atoms with Gasteiger partial charge in [-0.2, -0.15) is 13.2 Å². The Hall–Kier alpha value is -2.38. The summed E-state index contributed by atoms with van der Waals surface area (Å²) in [5.41, 5.74) is 0.748. The number of benzene rings is 1. The summed E-state index contributed by atoms with van der Waals surface area (Å²) in [6, 6.07) is 5.84. The number of amides is 1. The van der Waals surface area contributed by atoms with Gasteiger partial charge in [0.25, 0.3) is 0 Å². The summed E-state index contributed by atoms with van der Waals surface area (Å²) in [5, 5.41) is 9.32. The van der Waals surface area contributed by atoms with E-state index in [-0.39, 0.29) is 5.69 Å². The van der Waals surface area contributed by atoms with E-state index < -0.39 is 12.1 Å². The molecule has 0 fully saturated rings. The quantitative estimate of drug-likeness (QED) is 0.907. The molecule has 8 heteroatoms. The van der Waals surface area contributed by atoms with Gasteiger partial charge in [0.1, 0.15) is 6.33 Å². The summed E-state index contributed by atoms with van der Waals surface area (Å²) in [4.78, 5) is 10.7. The molecule has 0 bridgehead atoms. The van der Waals surface area contributed by atoms with Crippen molar-refractivity contribution in [2.45, 2.75) is 6.18 Å². The molecule has 5 nitrogen and oxygen atoms in total. The second-order valence-corrected chi connectivity index (χ2v) is 3.79. The normalized spacial score (nSPS) is 11.4. The first-order valence-corrected chi connectivity index (χ1v) is 5.20. The van der Waals surface area contributed by atoms with Gasteiger partial charge in [-0.1, -0.05) is 0 Å². The summed E-state index contributed by atoms with van der Waals surface area (Å²) in [6.45, 7) is 0. The van der Waals surface area contributed by atoms with Crippen LogP contribution in [-0.4, -0.2) is 26.8 Å². The van der Waals surface area contributed by atoms with Gasteiger partial charge in [-0.15, -0.1) is 10.2 Å². The number of aryl methyl sites for hydroxylation is 1. The van der Waals surface area contributed by atoms with Gasteiger partial charge in [0.2, 0.25) is 0 Å². The first-order chi connectivity index (χ1) is 8.88. The van der Waals surface area contributed by atoms with Crippen LogP contribution >= 0.6 is 0 Å². The van der Waals surface area contributed by atoms with E-state index in [4.69, 9.17) is 0 Å². The average molecular weight is 270 g/mol. The molecule has 0 aliphatic heterocycles. The minimum atomic E-state index is -4.90. The van der Waals surface area contributed by atoms with Crippen LogP contribution in [0.15, 0.2) is 30.6 Å². The number of carbonyl (C=O) groups excluding carboxylic acids is 1. The minimum absolute atomic E-state index is 0.0632. The highest BCUT2D eigenvalue weighted by Gasteiger charge is 2.38. The zero-order chi connectivity index (χ0) is 14.0. The molecule has 1 heterocycles. The molecule has 19 heavy (non-hydrogen) atoms. The third-order valence-corrected chi connectivity index (χ3v) is 2.37. The molecule has 2 rings (SSSR count). The van der Waals surface area contributed by atoms with E-state index in [2.05, 4.69) is 10.2 Å². The van der Waals surface area contributed by atoms with Crippen molar-refractivity contribution in [2.75, 3.05) is 5.32 Å². The van der Waals surface area contributed by atoms with Crippen LogP contribution in [-0.2, 0) is 11.8 Å². The second kappa shape index (κ2) is 4.71. The van der Waals surface area contributed by atoms with E-state index in [1.165, 1.54) is 18.5 Å². The fourth-order valence-electron chi connectivity index (χ4n) is 1.45. The Morgan fingerprint density at radius 1 is 1.26 bits per heavy atom. The van der Waals surface area contributed by atoms with Crippen LogP contribution in [0.3, 0.4) is 0 Å². The Kier molecular flexibility index (Phi) is 3.24. The second-order valence-electron chi connectivity index (χ2n) is 3.79. The predicted octanol–water partition coefficient (Wildman–Crippen LogP) is 1.98. The molecular formula is C11H9F3N4O. The molecule has 0 aliphatic rings. The van der Waals surface area contributed by atoms with E-state index in [0.717, 1.165) is 0 Å². The van der Waals surface area contributed by atoms with Gasteiger partial charge in [0.15, 0.2) is 5.82 Å². The van der Waals surface area contributed by atoms with E-state index in [9.17, 15) is 18.0 Å². The zero-order valence-corrected chi connectivity index (χ0v) is 9.77. The fraction of sp³-hybridized carbons (Fsp3) is 0.182. The largest absolute Gasteiger partial charge is 0.471 e. The van der Waals surface area contributed by atoms with Crippen molar-refractivity contribution >= 4 is 11.6 Å². The molecule has 0 aliphatic carbocycles. The number of hydrogen-bond acceptors (Lipinski definition) is 3. The number of carbonyl (C=O) groups is 1. The van der Waals surface area contributed by atoms with E-state index >= 15 is 0 Å². The summed E-state index contributed by atoms with van der Waals surface area (Å²) in [7, 11) is 1.74. The molecule has 0 unspecified atom stereocenters. The number of anilines is 1. The van der Waals surface area contributed by atoms with Crippen LogP contribution in [0.4, 0.5) is 18.9 Å². The summed E-state index contributed by atoms with van der Waals surface area (Å²) < 4.78 is 37.8. The van der Waals surface area contributed by atoms with Gasteiger partial charge in [0, 0.05) is 18.3 Å². The highest BCUT2D eigenvalue weighted by molar-refractivity contribution is 5.95. The van der Waals surface area contributed by atoms with Gasteiger partial charge < -0.3 is 9.88 Å². The van der Waals surface area contributed by atoms with Crippen molar-refractivity contribution in [3.8, 4) is 11.4 Å². The number of rotatable bonds is 2. The van der Waals surface area contributed by atoms with Crippen molar-refractivity contribution in [3.63, 3.8) is 0 Å². The van der Waals surface area contributed by atoms with Crippen LogP contribution in [0.2, 0.25) is 0 Å². The lowest BCUT2D eigenvalue weighted by atomic mass is 10.2. The highest BCUT2D eigenvalue weighted by atomic mass is 19.4. The van der Waals surface area contributed by atoms with Gasteiger partial charge in [-0.3, -0.25) is 4.79 Å². The van der Waals surface area contributed by atoms with Gasteiger partial charge in [-0.25, -0.2) is 0 Å². The van der Waals surface area contributed by atoms with E-state index in [1.54, 1.807) is 29.1 Å². The third-order valence-electron chi connectivity index (χ3n) is 2.37. The van der Waals surface area contributed by atoms with Crippen LogP contribution in [0, 0.1) is 0 Å². The third kappa shape index (κ3) is 2.90. The fourth-order valence-corrected chi connectivity index (χ4v) is 1.45. The molecule has 1 aromatic heterocycles. The topological polar surface area (TPSA) is 59.8 Å². The Morgan fingerprint density at radius 3 is 2.37 bits per heavy atom. The Labute approximate surface area is 106 Å². The highest BCUT2D eigenvalue weighted by Crippen LogP contribution is 2.21. The first-order valence-electron chi connectivity index (χ1n) is 5.20. The number of nitrogens with one attached hydrogen (secondary N) is 1. The lowest BCUT2D eigenvalue weighted by molar-refractivity contribution is -0.167. The number of halogens is 3. The number of alkyl halides is 3. The summed E-state index contributed by atoms with van der Waals surface area (Å²) in [5.74, 6) is -1.42. The van der Waals surface area contributed by atoms with Crippen molar-refractivity contribution < 1.29 is 18.0 Å². The molecule has 0 atom stereocenters. The Morgan fingerprint density at radius 2 is 1.89 bits per heavy atom. The number of hydrogen-bond donors (Lipinski definition) is 1. The van der Waals surface area contributed by atoms with Crippen molar-refractivity contribution in [3.05, 3.63) is 30.6 Å². The van der Waals surface area contributed by atoms with E-state index in [1.807, 2.05) is 0 Å². The van der Waals surface area contributed by atoms with Crippen molar-refractivity contribution in [1.29, 1.82) is 0 Å². The molecule has 2 aromatic rings. The lowest BCUT2D eigenvalue weighted by Crippen LogP contribution is -2.29. The van der Waals surface area contributed by atoms with Crippen LogP contribution in [0.5, 0.6) is 0 Å². The average Bonchev–Trinajstić information content (AvgIpc) is 2.75. The molecule has 0 saturated heterocycles. The Bertz CT molecular complexity index is 589.